The molecule has 0 radical (unpaired) electrons. The number of benzene rings is 1. The van der Waals surface area contributed by atoms with Crippen LogP contribution in [0.3, 0.4) is 0 Å². The molecule has 22 heteroatoms. The third kappa shape index (κ3) is 11.7. The Morgan fingerprint density at radius 3 is 2.42 bits per heavy atom. The van der Waals surface area contributed by atoms with Crippen molar-refractivity contribution in [3.63, 3.8) is 0 Å². The van der Waals surface area contributed by atoms with Gasteiger partial charge in [-0.25, -0.2) is 9.97 Å². The zero-order valence-corrected chi connectivity index (χ0v) is 43.8. The van der Waals surface area contributed by atoms with E-state index in [2.05, 4.69) is 39.3 Å². The molecule has 5 N–H and O–H groups in total. The van der Waals surface area contributed by atoms with Gasteiger partial charge in [0.05, 0.1) is 41.0 Å². The van der Waals surface area contributed by atoms with Crippen molar-refractivity contribution in [2.75, 3.05) is 50.7 Å². The van der Waals surface area contributed by atoms with Gasteiger partial charge in [-0.15, -0.1) is 0 Å². The fourth-order valence-electron chi connectivity index (χ4n) is 10.6. The summed E-state index contributed by atoms with van der Waals surface area (Å²) < 4.78 is 58.2. The van der Waals surface area contributed by atoms with Gasteiger partial charge in [0, 0.05) is 99.8 Å². The number of esters is 1. The van der Waals surface area contributed by atoms with Gasteiger partial charge >= 0.3 is 18.4 Å². The number of rotatable bonds is 6. The number of nitrogens with one attached hydrogen (secondary N) is 2. The number of aliphatic imine (C=N–C) groups is 1. The normalized spacial score (nSPS) is 28.1. The van der Waals surface area contributed by atoms with Crippen molar-refractivity contribution in [2.45, 2.75) is 123 Å². The number of phenols is 1. The number of phenolic OH excluding ortho intramolecular Hbond substituents is 1. The van der Waals surface area contributed by atoms with Gasteiger partial charge in [0.1, 0.15) is 41.1 Å². The Morgan fingerprint density at radius 1 is 0.974 bits per heavy atom. The molecule has 19 nitrogen and oxygen atoms in total. The number of piperidine rings is 1. The quantitative estimate of drug-likeness (QED) is 0.183. The Morgan fingerprint density at radius 2 is 1.71 bits per heavy atom. The van der Waals surface area contributed by atoms with Crippen LogP contribution >= 0.6 is 0 Å². The average molecular weight is 1060 g/mol. The molecule has 2 aromatic rings. The highest BCUT2D eigenvalue weighted by atomic mass is 19.4. The number of allylic oxidation sites excluding steroid dienone is 5. The van der Waals surface area contributed by atoms with Gasteiger partial charge in [0.25, 0.3) is 5.91 Å². The molecule has 7 heterocycles. The minimum atomic E-state index is -4.67. The van der Waals surface area contributed by atoms with Crippen molar-refractivity contribution in [3.8, 4) is 11.5 Å². The molecule has 9 rings (SSSR count). The van der Waals surface area contributed by atoms with Gasteiger partial charge in [0.2, 0.25) is 23.4 Å². The van der Waals surface area contributed by atoms with Crippen LogP contribution in [0.2, 0.25) is 0 Å². The van der Waals surface area contributed by atoms with E-state index in [4.69, 9.17) is 19.2 Å². The minimum absolute atomic E-state index is 0.00197. The molecule has 7 atom stereocenters. The van der Waals surface area contributed by atoms with E-state index < -0.39 is 101 Å². The number of aliphatic hydroxyl groups is 2. The maximum Gasteiger partial charge on any atom is 0.433 e. The number of carbonyl (C=O) groups is 5. The number of hydrogen-bond acceptors (Lipinski definition) is 17. The predicted molar refractivity (Wildman–Crippen MR) is 271 cm³/mol. The van der Waals surface area contributed by atoms with Crippen molar-refractivity contribution in [1.82, 2.24) is 30.4 Å². The second-order valence-electron chi connectivity index (χ2n) is 21.2. The molecule has 1 aliphatic carbocycles. The van der Waals surface area contributed by atoms with Crippen LogP contribution in [0.4, 0.5) is 19.1 Å². The zero-order valence-electron chi connectivity index (χ0n) is 43.8. The van der Waals surface area contributed by atoms with E-state index in [0.717, 1.165) is 18.8 Å². The molecule has 2 amide bonds. The number of likely N-dealkylation sites (tertiary alicyclic amines) is 1. The highest BCUT2D eigenvalue weighted by Crippen LogP contribution is 2.48. The fraction of sp³-hybridized carbons (Fsp3) is 0.556. The van der Waals surface area contributed by atoms with Gasteiger partial charge in [-0.05, 0) is 50.7 Å². The summed E-state index contributed by atoms with van der Waals surface area (Å²) in [5, 5.41) is 41.0. The Labute approximate surface area is 438 Å². The number of halogens is 3. The van der Waals surface area contributed by atoms with Gasteiger partial charge in [-0.1, -0.05) is 52.8 Å². The smallest absolute Gasteiger partial charge is 0.433 e. The summed E-state index contributed by atoms with van der Waals surface area (Å²) in [6.07, 6.45) is -0.256. The van der Waals surface area contributed by atoms with Crippen LogP contribution in [0.1, 0.15) is 118 Å². The monoisotopic (exact) mass is 1060 g/mol. The zero-order chi connectivity index (χ0) is 55.0. The van der Waals surface area contributed by atoms with Gasteiger partial charge in [-0.2, -0.15) is 13.2 Å². The van der Waals surface area contributed by atoms with Crippen LogP contribution in [0, 0.1) is 30.6 Å². The highest BCUT2D eigenvalue weighted by Gasteiger charge is 2.51. The highest BCUT2D eigenvalue weighted by molar-refractivity contribution is 6.34. The van der Waals surface area contributed by atoms with E-state index in [1.807, 2.05) is 0 Å². The van der Waals surface area contributed by atoms with Crippen molar-refractivity contribution in [3.05, 3.63) is 87.7 Å². The first-order chi connectivity index (χ1) is 36.0. The first-order valence-corrected chi connectivity index (χ1v) is 25.9. The molecule has 76 heavy (non-hydrogen) atoms. The lowest BCUT2D eigenvalue weighted by Gasteiger charge is -2.38. The predicted octanol–water partition coefficient (Wildman–Crippen LogP) is 5.27. The number of amides is 2. The Kier molecular flexibility index (Phi) is 16.5. The van der Waals surface area contributed by atoms with Crippen LogP contribution in [0.5, 0.6) is 11.5 Å². The summed E-state index contributed by atoms with van der Waals surface area (Å²) in [5.41, 5.74) is -1.58. The third-order valence-corrected chi connectivity index (χ3v) is 15.1. The number of carbonyl (C=O) groups excluding carboxylic acids is 5. The molecular formula is C54H67F3N8O11. The molecule has 2 unspecified atom stereocenters. The number of ketones is 2. The van der Waals surface area contributed by atoms with Crippen LogP contribution in [0.25, 0.3) is 0 Å². The van der Waals surface area contributed by atoms with E-state index in [1.54, 1.807) is 50.8 Å². The molecular weight excluding hydrogens is 994 g/mol. The maximum atomic E-state index is 14.7. The second kappa shape index (κ2) is 22.5. The number of hydrogen-bond donors (Lipinski definition) is 5. The number of nitrogens with zero attached hydrogens (tertiary/aromatic N) is 6. The molecule has 6 aliphatic heterocycles. The summed E-state index contributed by atoms with van der Waals surface area (Å²) in [7, 11) is 0. The molecule has 1 spiro atoms. The Hall–Kier alpha value is -6.65. The van der Waals surface area contributed by atoms with E-state index in [0.29, 0.717) is 38.3 Å². The Bertz CT molecular complexity index is 2780. The topological polar surface area (TPSA) is 246 Å². The van der Waals surface area contributed by atoms with Crippen LogP contribution < -0.4 is 20.3 Å². The summed E-state index contributed by atoms with van der Waals surface area (Å²) in [6.45, 7) is 15.4. The lowest BCUT2D eigenvalue weighted by molar-refractivity contribution is -0.161. The first-order valence-electron chi connectivity index (χ1n) is 25.9. The standard InChI is InChI=1S/C54H67F3N8O11/c1-28(2)27-63-20-15-53(16-21-63)61-42-39-40-45(70)33(7)49-41(39)47(72)51(76-49)74-24-9-13-30(4)48(32(6)35(67)25-34(66)29(3)11-8-12-31(5)50(73)60-44(46(40)71)43(42)62-53)75-38(69)26-37(68)64-18-10-19-65(23-22-64)52-58-17-14-36(59-52)54(55,56)57/h8-9,11-12,14,17,24,28-30,32,34-35,48,51,62,66-67,70H,10,13,15-16,18-23,25-27H2,1-7H3,(H,60,73)/b11-8+,24-9+,31-12-/t29?,30-,32-,34-,35?,48-,51+/m1/s1. The number of anilines is 1. The summed E-state index contributed by atoms with van der Waals surface area (Å²) in [5.74, 6) is -5.55. The SMILES string of the molecule is C/C1=C/C=C/C(C)[C@H](O)CC(O)[C@@H](C)[C@H](OC(=O)CC(=O)N2CCCN(c3nccc(C(F)(F)F)n3)CC2)[C@H](C)C/C=C/O[C@H]2Oc3c(C)c(O)c4c(c3C2=O)C2=NC3(CCN(CC(C)C)CC3)NC2=C(NC1=O)C4=O. The summed E-state index contributed by atoms with van der Waals surface area (Å²) in [4.78, 5) is 88.6. The average Bonchev–Trinajstić information content (AvgIpc) is 3.94. The molecule has 0 saturated carbocycles. The number of alkyl halides is 3. The number of aliphatic hydroxyl groups excluding tert-OH is 2. The van der Waals surface area contributed by atoms with Gasteiger partial charge < -0.3 is 54.9 Å². The number of aromatic nitrogens is 2. The minimum Gasteiger partial charge on any atom is -0.507 e. The van der Waals surface area contributed by atoms with Crippen LogP contribution in [-0.4, -0.2) is 146 Å². The largest absolute Gasteiger partial charge is 0.507 e. The summed E-state index contributed by atoms with van der Waals surface area (Å²) in [6, 6.07) is 0.776. The molecule has 5 bridgehead atoms. The number of Topliss-reactive ketones (excluding diaryl/α,β-unsaturated/α-hetero) is 2. The second-order valence-corrected chi connectivity index (χ2v) is 21.2. The van der Waals surface area contributed by atoms with Crippen molar-refractivity contribution in [2.24, 2.45) is 28.7 Å². The lowest BCUT2D eigenvalue weighted by Crippen LogP contribution is -2.50. The van der Waals surface area contributed by atoms with E-state index in [-0.39, 0.29) is 95.7 Å². The maximum absolute atomic E-state index is 14.7. The van der Waals surface area contributed by atoms with Gasteiger partial charge in [-0.3, -0.25) is 29.0 Å². The molecule has 2 fully saturated rings. The van der Waals surface area contributed by atoms with Crippen LogP contribution in [-0.2, 0) is 30.0 Å². The lowest BCUT2D eigenvalue weighted by atomic mass is 9.83. The van der Waals surface area contributed by atoms with Gasteiger partial charge in [0.15, 0.2) is 0 Å². The molecule has 410 valence electrons. The number of fused-ring (bicyclic) bond motifs is 13. The molecule has 1 aromatic heterocycles. The Balaban J connectivity index is 1.05. The van der Waals surface area contributed by atoms with Crippen molar-refractivity contribution < 1.29 is 66.7 Å². The number of aromatic hydroxyl groups is 1. The molecule has 7 aliphatic rings. The van der Waals surface area contributed by atoms with E-state index in [9.17, 15) is 52.5 Å². The van der Waals surface area contributed by atoms with Crippen LogP contribution in [0.15, 0.2) is 64.8 Å². The fourth-order valence-corrected chi connectivity index (χ4v) is 10.6. The third-order valence-electron chi connectivity index (χ3n) is 15.1. The van der Waals surface area contributed by atoms with E-state index >= 15 is 0 Å². The molecule has 1 aromatic carbocycles. The van der Waals surface area contributed by atoms with Crippen molar-refractivity contribution in [1.29, 1.82) is 0 Å². The van der Waals surface area contributed by atoms with Crippen molar-refractivity contribution >= 4 is 41.0 Å². The number of ether oxygens (including phenoxy) is 3. The van der Waals surface area contributed by atoms with E-state index in [1.165, 1.54) is 24.2 Å². The summed E-state index contributed by atoms with van der Waals surface area (Å²) >= 11 is 0. The first kappa shape index (κ1) is 55.6. The molecule has 2 saturated heterocycles.